The third-order valence-corrected chi connectivity index (χ3v) is 4.26. The molecule has 3 rings (SSSR count). The van der Waals surface area contributed by atoms with Crippen molar-refractivity contribution in [2.24, 2.45) is 0 Å². The molecule has 2 aromatic carbocycles. The SMILES string of the molecule is CN(C)C(=O)c1ccc(C(=O)Nc2ccc3c(c2F)CCNC3)cc1. The molecule has 6 heteroatoms. The summed E-state index contributed by atoms with van der Waals surface area (Å²) in [5.41, 5.74) is 2.62. The van der Waals surface area contributed by atoms with Gasteiger partial charge < -0.3 is 15.5 Å². The van der Waals surface area contributed by atoms with Crippen LogP contribution in [0.1, 0.15) is 31.8 Å². The lowest BCUT2D eigenvalue weighted by atomic mass is 9.99. The van der Waals surface area contributed by atoms with Crippen molar-refractivity contribution in [3.05, 3.63) is 64.5 Å². The molecule has 0 radical (unpaired) electrons. The molecule has 130 valence electrons. The molecule has 0 aliphatic carbocycles. The Morgan fingerprint density at radius 2 is 1.76 bits per heavy atom. The fourth-order valence-corrected chi connectivity index (χ4v) is 2.85. The number of hydrogen-bond donors (Lipinski definition) is 2. The lowest BCUT2D eigenvalue weighted by Crippen LogP contribution is -2.25. The summed E-state index contributed by atoms with van der Waals surface area (Å²) in [7, 11) is 3.33. The lowest BCUT2D eigenvalue weighted by molar-refractivity contribution is 0.0827. The fraction of sp³-hybridized carbons (Fsp3) is 0.263. The van der Waals surface area contributed by atoms with Gasteiger partial charge in [-0.15, -0.1) is 0 Å². The molecule has 0 saturated heterocycles. The van der Waals surface area contributed by atoms with Crippen LogP contribution in [0.3, 0.4) is 0 Å². The predicted molar refractivity (Wildman–Crippen MR) is 94.2 cm³/mol. The summed E-state index contributed by atoms with van der Waals surface area (Å²) < 4.78 is 14.6. The zero-order chi connectivity index (χ0) is 18.0. The van der Waals surface area contributed by atoms with E-state index in [0.717, 1.165) is 12.1 Å². The van der Waals surface area contributed by atoms with Crippen molar-refractivity contribution in [1.82, 2.24) is 10.2 Å². The summed E-state index contributed by atoms with van der Waals surface area (Å²) in [4.78, 5) is 25.7. The van der Waals surface area contributed by atoms with Gasteiger partial charge in [0.05, 0.1) is 5.69 Å². The van der Waals surface area contributed by atoms with Gasteiger partial charge >= 0.3 is 0 Å². The van der Waals surface area contributed by atoms with Gasteiger partial charge in [0.25, 0.3) is 11.8 Å². The summed E-state index contributed by atoms with van der Waals surface area (Å²) >= 11 is 0. The molecule has 0 spiro atoms. The highest BCUT2D eigenvalue weighted by atomic mass is 19.1. The summed E-state index contributed by atoms with van der Waals surface area (Å²) in [6, 6.07) is 9.72. The third-order valence-electron chi connectivity index (χ3n) is 4.26. The van der Waals surface area contributed by atoms with Crippen LogP contribution in [0.2, 0.25) is 0 Å². The Morgan fingerprint density at radius 1 is 1.08 bits per heavy atom. The molecule has 0 aromatic heterocycles. The Morgan fingerprint density at radius 3 is 2.44 bits per heavy atom. The molecule has 2 N–H and O–H groups in total. The molecule has 0 atom stereocenters. The van der Waals surface area contributed by atoms with Gasteiger partial charge in [-0.3, -0.25) is 9.59 Å². The molecule has 0 fully saturated rings. The number of amides is 2. The van der Waals surface area contributed by atoms with E-state index in [2.05, 4.69) is 10.6 Å². The van der Waals surface area contributed by atoms with Crippen molar-refractivity contribution in [1.29, 1.82) is 0 Å². The van der Waals surface area contributed by atoms with Crippen LogP contribution in [0.4, 0.5) is 10.1 Å². The van der Waals surface area contributed by atoms with Crippen LogP contribution in [0.15, 0.2) is 36.4 Å². The van der Waals surface area contributed by atoms with Gasteiger partial charge in [0.2, 0.25) is 0 Å². The normalized spacial score (nSPS) is 13.1. The molecule has 2 amide bonds. The number of rotatable bonds is 3. The Kier molecular flexibility index (Phi) is 4.81. The fourth-order valence-electron chi connectivity index (χ4n) is 2.85. The smallest absolute Gasteiger partial charge is 0.255 e. The maximum absolute atomic E-state index is 14.6. The van der Waals surface area contributed by atoms with Crippen molar-refractivity contribution >= 4 is 17.5 Å². The average Bonchev–Trinajstić information content (AvgIpc) is 2.63. The van der Waals surface area contributed by atoms with E-state index in [1.165, 1.54) is 4.90 Å². The summed E-state index contributed by atoms with van der Waals surface area (Å²) in [5.74, 6) is -0.912. The maximum atomic E-state index is 14.6. The number of nitrogens with one attached hydrogen (secondary N) is 2. The van der Waals surface area contributed by atoms with E-state index >= 15 is 0 Å². The van der Waals surface area contributed by atoms with Gasteiger partial charge in [0.1, 0.15) is 5.82 Å². The predicted octanol–water partition coefficient (Wildman–Crippen LogP) is 2.43. The number of benzene rings is 2. The molecular weight excluding hydrogens is 321 g/mol. The Balaban J connectivity index is 1.77. The second-order valence-electron chi connectivity index (χ2n) is 6.22. The first kappa shape index (κ1) is 17.1. The van der Waals surface area contributed by atoms with Gasteiger partial charge in [0, 0.05) is 31.8 Å². The van der Waals surface area contributed by atoms with Gasteiger partial charge in [0.15, 0.2) is 0 Å². The van der Waals surface area contributed by atoms with E-state index in [1.807, 2.05) is 6.07 Å². The van der Waals surface area contributed by atoms with Crippen LogP contribution in [0.25, 0.3) is 0 Å². The minimum Gasteiger partial charge on any atom is -0.345 e. The molecule has 2 aromatic rings. The van der Waals surface area contributed by atoms with E-state index in [-0.39, 0.29) is 17.4 Å². The largest absolute Gasteiger partial charge is 0.345 e. The van der Waals surface area contributed by atoms with Crippen molar-refractivity contribution < 1.29 is 14.0 Å². The lowest BCUT2D eigenvalue weighted by Gasteiger charge is -2.19. The van der Waals surface area contributed by atoms with E-state index < -0.39 is 5.91 Å². The number of nitrogens with zero attached hydrogens (tertiary/aromatic N) is 1. The quantitative estimate of drug-likeness (QED) is 0.901. The molecule has 1 aliphatic heterocycles. The molecular formula is C19H20FN3O2. The highest BCUT2D eigenvalue weighted by Gasteiger charge is 2.18. The standard InChI is InChI=1S/C19H20FN3O2/c1-23(2)19(25)13-5-3-12(4-6-13)18(24)22-16-8-7-14-11-21-10-9-15(14)17(16)20/h3-8,21H,9-11H2,1-2H3,(H,22,24). The number of carbonyl (C=O) groups excluding carboxylic acids is 2. The first-order valence-electron chi connectivity index (χ1n) is 8.11. The summed E-state index contributed by atoms with van der Waals surface area (Å²) in [6.45, 7) is 1.37. The van der Waals surface area contributed by atoms with Crippen molar-refractivity contribution in [2.45, 2.75) is 13.0 Å². The first-order chi connectivity index (χ1) is 12.0. The monoisotopic (exact) mass is 341 g/mol. The van der Waals surface area contributed by atoms with Crippen molar-refractivity contribution in [3.8, 4) is 0 Å². The molecule has 25 heavy (non-hydrogen) atoms. The Labute approximate surface area is 145 Å². The minimum atomic E-state index is -0.406. The van der Waals surface area contributed by atoms with Gasteiger partial charge in [-0.25, -0.2) is 4.39 Å². The Bertz CT molecular complexity index is 816. The molecule has 0 saturated carbocycles. The number of carbonyl (C=O) groups is 2. The highest BCUT2D eigenvalue weighted by molar-refractivity contribution is 6.05. The highest BCUT2D eigenvalue weighted by Crippen LogP contribution is 2.25. The molecule has 0 unspecified atom stereocenters. The number of fused-ring (bicyclic) bond motifs is 1. The van der Waals surface area contributed by atoms with Crippen molar-refractivity contribution in [2.75, 3.05) is 26.0 Å². The second kappa shape index (κ2) is 7.03. The molecule has 0 bridgehead atoms. The van der Waals surface area contributed by atoms with Crippen LogP contribution in [0.5, 0.6) is 0 Å². The third kappa shape index (κ3) is 3.53. The van der Waals surface area contributed by atoms with Crippen LogP contribution in [-0.4, -0.2) is 37.4 Å². The zero-order valence-electron chi connectivity index (χ0n) is 14.2. The van der Waals surface area contributed by atoms with Crippen LogP contribution >= 0.6 is 0 Å². The number of halogens is 1. The molecule has 1 heterocycles. The van der Waals surface area contributed by atoms with Crippen LogP contribution in [-0.2, 0) is 13.0 Å². The summed E-state index contributed by atoms with van der Waals surface area (Å²) in [5, 5.41) is 5.81. The topological polar surface area (TPSA) is 61.4 Å². The van der Waals surface area contributed by atoms with E-state index in [4.69, 9.17) is 0 Å². The van der Waals surface area contributed by atoms with Crippen LogP contribution in [0, 0.1) is 5.82 Å². The van der Waals surface area contributed by atoms with E-state index in [0.29, 0.717) is 29.7 Å². The average molecular weight is 341 g/mol. The van der Waals surface area contributed by atoms with Crippen LogP contribution < -0.4 is 10.6 Å². The Hall–Kier alpha value is -2.73. The minimum absolute atomic E-state index is 0.138. The second-order valence-corrected chi connectivity index (χ2v) is 6.22. The molecule has 5 nitrogen and oxygen atoms in total. The number of anilines is 1. The van der Waals surface area contributed by atoms with Crippen molar-refractivity contribution in [3.63, 3.8) is 0 Å². The molecule has 1 aliphatic rings. The van der Waals surface area contributed by atoms with E-state index in [1.54, 1.807) is 44.4 Å². The maximum Gasteiger partial charge on any atom is 0.255 e. The van der Waals surface area contributed by atoms with E-state index in [9.17, 15) is 14.0 Å². The van der Waals surface area contributed by atoms with Gasteiger partial charge in [-0.1, -0.05) is 6.07 Å². The zero-order valence-corrected chi connectivity index (χ0v) is 14.2. The van der Waals surface area contributed by atoms with Gasteiger partial charge in [-0.2, -0.15) is 0 Å². The summed E-state index contributed by atoms with van der Waals surface area (Å²) in [6.07, 6.45) is 0.603. The first-order valence-corrected chi connectivity index (χ1v) is 8.11. The number of hydrogen-bond acceptors (Lipinski definition) is 3. The van der Waals surface area contributed by atoms with Gasteiger partial charge in [-0.05, 0) is 54.4 Å².